The van der Waals surface area contributed by atoms with E-state index in [9.17, 15) is 0 Å². The van der Waals surface area contributed by atoms with E-state index in [0.29, 0.717) is 11.5 Å². The molecule has 1 unspecified atom stereocenters. The van der Waals surface area contributed by atoms with Crippen molar-refractivity contribution in [3.8, 4) is 0 Å². The van der Waals surface area contributed by atoms with Gasteiger partial charge in [0.1, 0.15) is 0 Å². The van der Waals surface area contributed by atoms with Gasteiger partial charge >= 0.3 is 0 Å². The molecule has 1 aliphatic rings. The molecule has 0 aliphatic heterocycles. The molecule has 1 aromatic rings. The van der Waals surface area contributed by atoms with Crippen molar-refractivity contribution in [2.45, 2.75) is 66.3 Å². The first-order valence-corrected chi connectivity index (χ1v) is 7.24. The van der Waals surface area contributed by atoms with E-state index < -0.39 is 0 Å². The molecule has 1 nitrogen and oxygen atoms in total. The molecule has 1 N–H and O–H groups in total. The van der Waals surface area contributed by atoms with Crippen LogP contribution in [-0.4, -0.2) is 6.04 Å². The molecular formula is C17H27N. The minimum absolute atomic E-state index is 0.419. The van der Waals surface area contributed by atoms with Crippen LogP contribution in [0.25, 0.3) is 0 Å². The highest BCUT2D eigenvalue weighted by Crippen LogP contribution is 2.38. The quantitative estimate of drug-likeness (QED) is 0.773. The molecule has 0 spiro atoms. The van der Waals surface area contributed by atoms with E-state index in [0.717, 1.165) is 0 Å². The van der Waals surface area contributed by atoms with E-state index in [1.54, 1.807) is 0 Å². The summed E-state index contributed by atoms with van der Waals surface area (Å²) in [6.07, 6.45) is 5.40. The maximum atomic E-state index is 3.83. The lowest BCUT2D eigenvalue weighted by Gasteiger charge is -2.40. The van der Waals surface area contributed by atoms with Crippen molar-refractivity contribution in [2.75, 3.05) is 5.32 Å². The van der Waals surface area contributed by atoms with Gasteiger partial charge in [0.05, 0.1) is 0 Å². The molecule has 0 bridgehead atoms. The molecule has 2 rings (SSSR count). The Kier molecular flexibility index (Phi) is 3.70. The van der Waals surface area contributed by atoms with Gasteiger partial charge in [0, 0.05) is 11.7 Å². The summed E-state index contributed by atoms with van der Waals surface area (Å²) >= 11 is 0. The predicted molar refractivity (Wildman–Crippen MR) is 80.3 cm³/mol. The summed E-state index contributed by atoms with van der Waals surface area (Å²) in [5.74, 6) is 0. The summed E-state index contributed by atoms with van der Waals surface area (Å²) in [7, 11) is 0. The largest absolute Gasteiger partial charge is 0.381 e. The first-order chi connectivity index (χ1) is 8.40. The number of benzene rings is 1. The number of anilines is 1. The van der Waals surface area contributed by atoms with Crippen LogP contribution in [0, 0.1) is 26.2 Å². The second kappa shape index (κ2) is 4.95. The lowest BCUT2D eigenvalue weighted by molar-refractivity contribution is 0.217. The molecule has 0 aromatic heterocycles. The van der Waals surface area contributed by atoms with E-state index in [2.05, 4.69) is 52.1 Å². The first-order valence-electron chi connectivity index (χ1n) is 7.24. The van der Waals surface area contributed by atoms with Crippen molar-refractivity contribution < 1.29 is 0 Å². The summed E-state index contributed by atoms with van der Waals surface area (Å²) in [5, 5.41) is 3.83. The Morgan fingerprint density at radius 2 is 1.67 bits per heavy atom. The van der Waals surface area contributed by atoms with E-state index in [1.807, 2.05) is 0 Å². The molecule has 1 atom stereocenters. The van der Waals surface area contributed by atoms with Gasteiger partial charge in [0.15, 0.2) is 0 Å². The van der Waals surface area contributed by atoms with E-state index in [1.165, 1.54) is 48.1 Å². The Bertz CT molecular complexity index is 408. The Morgan fingerprint density at radius 3 is 2.22 bits per heavy atom. The summed E-state index contributed by atoms with van der Waals surface area (Å²) in [6.45, 7) is 11.4. The number of nitrogens with one attached hydrogen (secondary N) is 1. The summed E-state index contributed by atoms with van der Waals surface area (Å²) in [4.78, 5) is 0. The summed E-state index contributed by atoms with van der Waals surface area (Å²) in [6, 6.07) is 5.18. The summed E-state index contributed by atoms with van der Waals surface area (Å²) < 4.78 is 0. The van der Waals surface area contributed by atoms with Crippen molar-refractivity contribution in [2.24, 2.45) is 5.41 Å². The lowest BCUT2D eigenvalue weighted by Crippen LogP contribution is -2.39. The minimum Gasteiger partial charge on any atom is -0.381 e. The maximum absolute atomic E-state index is 3.83. The normalized spacial score (nSPS) is 22.8. The number of hydrogen-bond donors (Lipinski definition) is 1. The number of hydrogen-bond acceptors (Lipinski definition) is 1. The fraction of sp³-hybridized carbons (Fsp3) is 0.647. The van der Waals surface area contributed by atoms with Gasteiger partial charge in [0.25, 0.3) is 0 Å². The van der Waals surface area contributed by atoms with Gasteiger partial charge in [-0.2, -0.15) is 0 Å². The van der Waals surface area contributed by atoms with Crippen LogP contribution < -0.4 is 5.32 Å². The maximum Gasteiger partial charge on any atom is 0.0402 e. The van der Waals surface area contributed by atoms with Crippen molar-refractivity contribution in [1.29, 1.82) is 0 Å². The third-order valence-corrected chi connectivity index (χ3v) is 4.50. The van der Waals surface area contributed by atoms with Gasteiger partial charge < -0.3 is 5.32 Å². The van der Waals surface area contributed by atoms with Crippen LogP contribution in [-0.2, 0) is 0 Å². The highest BCUT2D eigenvalue weighted by Gasteiger charge is 2.32. The van der Waals surface area contributed by atoms with E-state index in [4.69, 9.17) is 0 Å². The van der Waals surface area contributed by atoms with Crippen LogP contribution >= 0.6 is 0 Å². The molecule has 1 aliphatic carbocycles. The standard InChI is InChI=1S/C17H27N/c1-12-10-13(2)16(14(3)11-12)18-15-8-6-7-9-17(15,4)5/h10-11,15,18H,6-9H2,1-5H3. The molecule has 1 aromatic carbocycles. The average molecular weight is 245 g/mol. The smallest absolute Gasteiger partial charge is 0.0402 e. The SMILES string of the molecule is Cc1cc(C)c(NC2CCCCC2(C)C)c(C)c1. The Hall–Kier alpha value is -0.980. The molecule has 0 amide bonds. The zero-order chi connectivity index (χ0) is 13.3. The van der Waals surface area contributed by atoms with Crippen LogP contribution in [0.1, 0.15) is 56.2 Å². The van der Waals surface area contributed by atoms with Gasteiger partial charge in [-0.15, -0.1) is 0 Å². The molecule has 1 saturated carbocycles. The number of rotatable bonds is 2. The molecule has 0 radical (unpaired) electrons. The van der Waals surface area contributed by atoms with Gasteiger partial charge in [-0.25, -0.2) is 0 Å². The van der Waals surface area contributed by atoms with Gasteiger partial charge in [-0.1, -0.05) is 44.4 Å². The zero-order valence-electron chi connectivity index (χ0n) is 12.6. The molecule has 0 saturated heterocycles. The van der Waals surface area contributed by atoms with E-state index >= 15 is 0 Å². The molecule has 1 heteroatoms. The second-order valence-electron chi connectivity index (χ2n) is 6.71. The second-order valence-corrected chi connectivity index (χ2v) is 6.71. The van der Waals surface area contributed by atoms with Crippen molar-refractivity contribution in [3.63, 3.8) is 0 Å². The Balaban J connectivity index is 2.23. The molecule has 18 heavy (non-hydrogen) atoms. The average Bonchev–Trinajstić information content (AvgIpc) is 2.24. The highest BCUT2D eigenvalue weighted by molar-refractivity contribution is 5.59. The van der Waals surface area contributed by atoms with Crippen LogP contribution in [0.3, 0.4) is 0 Å². The highest BCUT2D eigenvalue weighted by atomic mass is 14.9. The van der Waals surface area contributed by atoms with Crippen LogP contribution in [0.2, 0.25) is 0 Å². The fourth-order valence-corrected chi connectivity index (χ4v) is 3.34. The van der Waals surface area contributed by atoms with Gasteiger partial charge in [-0.3, -0.25) is 0 Å². The third kappa shape index (κ3) is 2.71. The van der Waals surface area contributed by atoms with Gasteiger partial charge in [0.2, 0.25) is 0 Å². The molecular weight excluding hydrogens is 218 g/mol. The van der Waals surface area contributed by atoms with Crippen molar-refractivity contribution >= 4 is 5.69 Å². The van der Waals surface area contributed by atoms with E-state index in [-0.39, 0.29) is 0 Å². The van der Waals surface area contributed by atoms with Crippen molar-refractivity contribution in [1.82, 2.24) is 0 Å². The Morgan fingerprint density at radius 1 is 1.06 bits per heavy atom. The minimum atomic E-state index is 0.419. The lowest BCUT2D eigenvalue weighted by atomic mass is 9.73. The van der Waals surface area contributed by atoms with Crippen LogP contribution in [0.5, 0.6) is 0 Å². The zero-order valence-corrected chi connectivity index (χ0v) is 12.6. The topological polar surface area (TPSA) is 12.0 Å². The third-order valence-electron chi connectivity index (χ3n) is 4.50. The molecule has 1 fully saturated rings. The predicted octanol–water partition coefficient (Wildman–Crippen LogP) is 4.99. The van der Waals surface area contributed by atoms with Crippen LogP contribution in [0.15, 0.2) is 12.1 Å². The monoisotopic (exact) mass is 245 g/mol. The Labute approximate surface area is 112 Å². The fourth-order valence-electron chi connectivity index (χ4n) is 3.34. The molecule has 0 heterocycles. The number of aryl methyl sites for hydroxylation is 3. The van der Waals surface area contributed by atoms with Gasteiger partial charge in [-0.05, 0) is 50.2 Å². The van der Waals surface area contributed by atoms with Crippen molar-refractivity contribution in [3.05, 3.63) is 28.8 Å². The van der Waals surface area contributed by atoms with Crippen LogP contribution in [0.4, 0.5) is 5.69 Å². The first kappa shape index (κ1) is 13.5. The molecule has 100 valence electrons. The summed E-state index contributed by atoms with van der Waals surface area (Å²) in [5.41, 5.74) is 5.91.